The quantitative estimate of drug-likeness (QED) is 0.843. The number of amides is 2. The SMILES string of the molecule is CN(C)C(=O)[C@@H]1CN(C(=O)c2[nH]c3ccc(F)c(Cl)c3c2F)CCN1. The molecule has 1 aromatic heterocycles. The molecule has 9 heteroatoms. The molecule has 0 spiro atoms. The largest absolute Gasteiger partial charge is 0.348 e. The maximum absolute atomic E-state index is 14.6. The van der Waals surface area contributed by atoms with Crippen LogP contribution in [0, 0.1) is 11.6 Å². The van der Waals surface area contributed by atoms with Crippen molar-refractivity contribution in [3.05, 3.63) is 34.5 Å². The van der Waals surface area contributed by atoms with Crippen molar-refractivity contribution in [2.24, 2.45) is 0 Å². The van der Waals surface area contributed by atoms with E-state index in [-0.39, 0.29) is 34.1 Å². The van der Waals surface area contributed by atoms with E-state index in [0.29, 0.717) is 13.1 Å². The van der Waals surface area contributed by atoms with Gasteiger partial charge in [-0.2, -0.15) is 0 Å². The van der Waals surface area contributed by atoms with Gasteiger partial charge in [0.05, 0.1) is 15.9 Å². The number of H-pyrrole nitrogens is 1. The van der Waals surface area contributed by atoms with E-state index in [0.717, 1.165) is 6.07 Å². The highest BCUT2D eigenvalue weighted by molar-refractivity contribution is 6.35. The molecule has 1 aliphatic heterocycles. The molecule has 0 bridgehead atoms. The first-order chi connectivity index (χ1) is 11.8. The lowest BCUT2D eigenvalue weighted by molar-refractivity contribution is -0.131. The first-order valence-corrected chi connectivity index (χ1v) is 8.08. The van der Waals surface area contributed by atoms with E-state index in [2.05, 4.69) is 10.3 Å². The van der Waals surface area contributed by atoms with Crippen LogP contribution in [0.3, 0.4) is 0 Å². The summed E-state index contributed by atoms with van der Waals surface area (Å²) >= 11 is 5.81. The number of carbonyl (C=O) groups is 2. The number of rotatable bonds is 2. The number of piperazine rings is 1. The normalized spacial score (nSPS) is 17.8. The Bertz CT molecular complexity index is 852. The highest BCUT2D eigenvalue weighted by Crippen LogP contribution is 2.31. The van der Waals surface area contributed by atoms with Crippen LogP contribution in [0.25, 0.3) is 10.9 Å². The summed E-state index contributed by atoms with van der Waals surface area (Å²) in [6, 6.07) is 1.87. The second-order valence-electron chi connectivity index (χ2n) is 6.09. The number of carbonyl (C=O) groups excluding carboxylic acids is 2. The Morgan fingerprint density at radius 2 is 2.04 bits per heavy atom. The van der Waals surface area contributed by atoms with Crippen LogP contribution < -0.4 is 5.32 Å². The van der Waals surface area contributed by atoms with E-state index in [4.69, 9.17) is 11.6 Å². The van der Waals surface area contributed by atoms with Gasteiger partial charge in [-0.25, -0.2) is 8.78 Å². The summed E-state index contributed by atoms with van der Waals surface area (Å²) in [5, 5.41) is 2.51. The number of fused-ring (bicyclic) bond motifs is 1. The third-order valence-electron chi connectivity index (χ3n) is 4.21. The Morgan fingerprint density at radius 1 is 1.32 bits per heavy atom. The number of nitrogens with zero attached hydrogens (tertiary/aromatic N) is 2. The van der Waals surface area contributed by atoms with Crippen molar-refractivity contribution in [1.82, 2.24) is 20.1 Å². The predicted octanol–water partition coefficient (Wildman–Crippen LogP) is 1.60. The molecule has 1 atom stereocenters. The Hall–Kier alpha value is -2.19. The van der Waals surface area contributed by atoms with Gasteiger partial charge in [0, 0.05) is 33.7 Å². The lowest BCUT2D eigenvalue weighted by atomic mass is 10.1. The van der Waals surface area contributed by atoms with Crippen molar-refractivity contribution in [3.8, 4) is 0 Å². The molecule has 0 unspecified atom stereocenters. The molecule has 2 amide bonds. The Balaban J connectivity index is 1.91. The van der Waals surface area contributed by atoms with Crippen LogP contribution in [-0.4, -0.2) is 66.4 Å². The van der Waals surface area contributed by atoms with Gasteiger partial charge in [0.25, 0.3) is 5.91 Å². The smallest absolute Gasteiger partial charge is 0.273 e. The number of halogens is 3. The molecule has 2 heterocycles. The van der Waals surface area contributed by atoms with E-state index in [1.807, 2.05) is 0 Å². The first-order valence-electron chi connectivity index (χ1n) is 7.70. The zero-order valence-electron chi connectivity index (χ0n) is 13.7. The number of aromatic nitrogens is 1. The van der Waals surface area contributed by atoms with Gasteiger partial charge in [-0.1, -0.05) is 11.6 Å². The molecule has 1 aromatic carbocycles. The van der Waals surface area contributed by atoms with Crippen molar-refractivity contribution in [3.63, 3.8) is 0 Å². The summed E-state index contributed by atoms with van der Waals surface area (Å²) in [6.07, 6.45) is 0. The topological polar surface area (TPSA) is 68.4 Å². The van der Waals surface area contributed by atoms with Crippen molar-refractivity contribution in [2.75, 3.05) is 33.7 Å². The van der Waals surface area contributed by atoms with Crippen LogP contribution >= 0.6 is 11.6 Å². The molecule has 1 saturated heterocycles. The number of likely N-dealkylation sites (N-methyl/N-ethyl adjacent to an activating group) is 1. The highest BCUT2D eigenvalue weighted by atomic mass is 35.5. The summed E-state index contributed by atoms with van der Waals surface area (Å²) in [4.78, 5) is 30.2. The fourth-order valence-electron chi connectivity index (χ4n) is 2.90. The fraction of sp³-hybridized carbons (Fsp3) is 0.375. The standard InChI is InChI=1S/C16H17ClF2N4O2/c1-22(2)15(24)10-7-23(6-5-20-10)16(25)14-13(19)11-9(21-14)4-3-8(18)12(11)17/h3-4,10,20-21H,5-7H2,1-2H3/t10-/m0/s1. The molecule has 6 nitrogen and oxygen atoms in total. The number of hydrogen-bond acceptors (Lipinski definition) is 3. The van der Waals surface area contributed by atoms with Crippen molar-refractivity contribution < 1.29 is 18.4 Å². The molecule has 1 fully saturated rings. The summed E-state index contributed by atoms with van der Waals surface area (Å²) in [6.45, 7) is 0.854. The lowest BCUT2D eigenvalue weighted by Crippen LogP contribution is -2.58. The second kappa shape index (κ2) is 6.61. The first kappa shape index (κ1) is 17.6. The third-order valence-corrected chi connectivity index (χ3v) is 4.58. The van der Waals surface area contributed by atoms with Crippen molar-refractivity contribution in [2.45, 2.75) is 6.04 Å². The number of hydrogen-bond donors (Lipinski definition) is 2. The molecule has 2 N–H and O–H groups in total. The zero-order chi connectivity index (χ0) is 18.3. The molecule has 1 aliphatic rings. The Morgan fingerprint density at radius 3 is 2.72 bits per heavy atom. The van der Waals surface area contributed by atoms with Gasteiger partial charge < -0.3 is 20.1 Å². The molecule has 0 radical (unpaired) electrons. The minimum Gasteiger partial charge on any atom is -0.348 e. The summed E-state index contributed by atoms with van der Waals surface area (Å²) in [7, 11) is 3.25. The molecule has 134 valence electrons. The van der Waals surface area contributed by atoms with Crippen LogP contribution in [0.1, 0.15) is 10.5 Å². The van der Waals surface area contributed by atoms with Gasteiger partial charge in [-0.05, 0) is 12.1 Å². The third kappa shape index (κ3) is 3.07. The minimum atomic E-state index is -0.890. The van der Waals surface area contributed by atoms with Gasteiger partial charge >= 0.3 is 0 Å². The number of nitrogens with one attached hydrogen (secondary N) is 2. The van der Waals surface area contributed by atoms with Crippen LogP contribution in [-0.2, 0) is 4.79 Å². The van der Waals surface area contributed by atoms with Crippen molar-refractivity contribution >= 4 is 34.3 Å². The summed E-state index contributed by atoms with van der Waals surface area (Å²) < 4.78 is 28.2. The molecular weight excluding hydrogens is 354 g/mol. The van der Waals surface area contributed by atoms with Gasteiger partial charge in [0.2, 0.25) is 5.91 Å². The number of aromatic amines is 1. The maximum Gasteiger partial charge on any atom is 0.273 e. The predicted molar refractivity (Wildman–Crippen MR) is 89.6 cm³/mol. The van der Waals surface area contributed by atoms with E-state index in [9.17, 15) is 18.4 Å². The Kier molecular flexibility index (Phi) is 4.66. The highest BCUT2D eigenvalue weighted by Gasteiger charge is 2.32. The molecule has 25 heavy (non-hydrogen) atoms. The van der Waals surface area contributed by atoms with E-state index < -0.39 is 23.6 Å². The van der Waals surface area contributed by atoms with Gasteiger partial charge in [0.15, 0.2) is 5.82 Å². The molecule has 0 aliphatic carbocycles. The summed E-state index contributed by atoms with van der Waals surface area (Å²) in [5.41, 5.74) is -0.0521. The second-order valence-corrected chi connectivity index (χ2v) is 6.47. The fourth-order valence-corrected chi connectivity index (χ4v) is 3.15. The van der Waals surface area contributed by atoms with Crippen LogP contribution in [0.4, 0.5) is 8.78 Å². The average Bonchev–Trinajstić information content (AvgIpc) is 2.94. The zero-order valence-corrected chi connectivity index (χ0v) is 14.5. The average molecular weight is 371 g/mol. The molecule has 2 aromatic rings. The van der Waals surface area contributed by atoms with Crippen LogP contribution in [0.15, 0.2) is 12.1 Å². The monoisotopic (exact) mass is 370 g/mol. The summed E-state index contributed by atoms with van der Waals surface area (Å²) in [5.74, 6) is -2.41. The molecule has 0 saturated carbocycles. The molecule has 3 rings (SSSR count). The molecular formula is C16H17ClF2N4O2. The van der Waals surface area contributed by atoms with Crippen LogP contribution in [0.2, 0.25) is 5.02 Å². The Labute approximate surface area is 147 Å². The minimum absolute atomic E-state index is 0.118. The number of benzene rings is 1. The van der Waals surface area contributed by atoms with Gasteiger partial charge in [-0.3, -0.25) is 9.59 Å². The van der Waals surface area contributed by atoms with Gasteiger partial charge in [-0.15, -0.1) is 0 Å². The van der Waals surface area contributed by atoms with Crippen molar-refractivity contribution in [1.29, 1.82) is 0 Å². The van der Waals surface area contributed by atoms with E-state index >= 15 is 0 Å². The van der Waals surface area contributed by atoms with E-state index in [1.165, 1.54) is 15.9 Å². The van der Waals surface area contributed by atoms with Gasteiger partial charge in [0.1, 0.15) is 17.6 Å². The maximum atomic E-state index is 14.6. The lowest BCUT2D eigenvalue weighted by Gasteiger charge is -2.33. The van der Waals surface area contributed by atoms with E-state index in [1.54, 1.807) is 14.1 Å². The van der Waals surface area contributed by atoms with Crippen LogP contribution in [0.5, 0.6) is 0 Å².